The Hall–Kier alpha value is -2.04. The van der Waals surface area contributed by atoms with Crippen molar-refractivity contribution in [1.29, 1.82) is 0 Å². The number of benzene rings is 2. The Morgan fingerprint density at radius 1 is 1.00 bits per heavy atom. The number of ether oxygens (including phenoxy) is 2. The smallest absolute Gasteiger partial charge is 0.161 e. The number of nitrogens with zero attached hydrogens (tertiary/aromatic N) is 1. The molecule has 0 saturated carbocycles. The van der Waals surface area contributed by atoms with E-state index < -0.39 is 0 Å². The highest BCUT2D eigenvalue weighted by molar-refractivity contribution is 5.43. The molecule has 2 N–H and O–H groups in total. The number of rotatable bonds is 8. The fraction of sp³-hybridized carbons (Fsp3) is 0.333. The van der Waals surface area contributed by atoms with Gasteiger partial charge in [-0.05, 0) is 30.3 Å². The molecule has 4 heteroatoms. The maximum atomic E-state index is 5.86. The summed E-state index contributed by atoms with van der Waals surface area (Å²) in [7, 11) is 3.72. The summed E-state index contributed by atoms with van der Waals surface area (Å²) in [5, 5.41) is 0. The molecule has 0 bridgehead atoms. The van der Waals surface area contributed by atoms with Gasteiger partial charge in [-0.3, -0.25) is 0 Å². The molecule has 0 atom stereocenters. The first-order chi connectivity index (χ1) is 10.7. The molecule has 0 spiro atoms. The quantitative estimate of drug-likeness (QED) is 0.814. The van der Waals surface area contributed by atoms with Crippen LogP contribution in [0.4, 0.5) is 0 Å². The number of hydrogen-bond acceptors (Lipinski definition) is 4. The highest BCUT2D eigenvalue weighted by Gasteiger charge is 2.07. The first-order valence-corrected chi connectivity index (χ1v) is 7.45. The maximum absolute atomic E-state index is 5.86. The minimum atomic E-state index is 0.531. The van der Waals surface area contributed by atoms with Crippen LogP contribution >= 0.6 is 0 Å². The molecule has 0 aromatic heterocycles. The van der Waals surface area contributed by atoms with Gasteiger partial charge in [-0.15, -0.1) is 0 Å². The van der Waals surface area contributed by atoms with Gasteiger partial charge >= 0.3 is 0 Å². The molecule has 0 aliphatic heterocycles. The van der Waals surface area contributed by atoms with E-state index in [9.17, 15) is 0 Å². The second kappa shape index (κ2) is 8.41. The Morgan fingerprint density at radius 3 is 2.45 bits per heavy atom. The Kier molecular flexibility index (Phi) is 6.25. The molecule has 2 rings (SSSR count). The Balaban J connectivity index is 2.02. The highest BCUT2D eigenvalue weighted by Crippen LogP contribution is 2.29. The Bertz CT molecular complexity index is 573. The third-order valence-electron chi connectivity index (χ3n) is 3.43. The van der Waals surface area contributed by atoms with Gasteiger partial charge < -0.3 is 20.1 Å². The lowest BCUT2D eigenvalue weighted by molar-refractivity contribution is 0.283. The van der Waals surface area contributed by atoms with E-state index in [1.54, 1.807) is 7.11 Å². The zero-order valence-corrected chi connectivity index (χ0v) is 13.3. The topological polar surface area (TPSA) is 47.7 Å². The molecule has 0 aliphatic carbocycles. The molecule has 4 nitrogen and oxygen atoms in total. The molecule has 22 heavy (non-hydrogen) atoms. The van der Waals surface area contributed by atoms with Crippen LogP contribution in [0.3, 0.4) is 0 Å². The van der Waals surface area contributed by atoms with Crippen molar-refractivity contribution < 1.29 is 9.47 Å². The van der Waals surface area contributed by atoms with Crippen LogP contribution in [-0.4, -0.2) is 32.1 Å². The average molecular weight is 300 g/mol. The lowest BCUT2D eigenvalue weighted by Crippen LogP contribution is -2.24. The Morgan fingerprint density at radius 2 is 1.77 bits per heavy atom. The van der Waals surface area contributed by atoms with Gasteiger partial charge in [0, 0.05) is 19.6 Å². The molecular formula is C18H24N2O2. The molecule has 0 saturated heterocycles. The molecule has 0 unspecified atom stereocenters. The van der Waals surface area contributed by atoms with E-state index in [4.69, 9.17) is 15.2 Å². The van der Waals surface area contributed by atoms with Crippen molar-refractivity contribution in [3.8, 4) is 11.5 Å². The van der Waals surface area contributed by atoms with Crippen LogP contribution < -0.4 is 15.2 Å². The summed E-state index contributed by atoms with van der Waals surface area (Å²) in [6.07, 6.45) is 0. The second-order valence-electron chi connectivity index (χ2n) is 5.29. The van der Waals surface area contributed by atoms with Crippen LogP contribution in [0.5, 0.6) is 11.5 Å². The van der Waals surface area contributed by atoms with Gasteiger partial charge in [0.15, 0.2) is 11.5 Å². The predicted molar refractivity (Wildman–Crippen MR) is 89.2 cm³/mol. The SMILES string of the molecule is COc1cc(CN(C)CCN)ccc1OCc1ccccc1. The van der Waals surface area contributed by atoms with Gasteiger partial charge in [-0.1, -0.05) is 36.4 Å². The van der Waals surface area contributed by atoms with E-state index in [1.165, 1.54) is 5.56 Å². The number of methoxy groups -OCH3 is 1. The van der Waals surface area contributed by atoms with Crippen molar-refractivity contribution in [3.05, 3.63) is 59.7 Å². The van der Waals surface area contributed by atoms with Crippen molar-refractivity contribution in [1.82, 2.24) is 4.90 Å². The van der Waals surface area contributed by atoms with Crippen molar-refractivity contribution in [3.63, 3.8) is 0 Å². The van der Waals surface area contributed by atoms with Crippen LogP contribution in [0.1, 0.15) is 11.1 Å². The van der Waals surface area contributed by atoms with E-state index in [-0.39, 0.29) is 0 Å². The van der Waals surface area contributed by atoms with Crippen LogP contribution in [-0.2, 0) is 13.2 Å². The summed E-state index contributed by atoms with van der Waals surface area (Å²) >= 11 is 0. The van der Waals surface area contributed by atoms with Crippen molar-refractivity contribution >= 4 is 0 Å². The largest absolute Gasteiger partial charge is 0.493 e. The molecular weight excluding hydrogens is 276 g/mol. The molecule has 0 fully saturated rings. The minimum absolute atomic E-state index is 0.531. The molecule has 0 aliphatic rings. The van der Waals surface area contributed by atoms with Gasteiger partial charge in [-0.2, -0.15) is 0 Å². The van der Waals surface area contributed by atoms with Gasteiger partial charge in [-0.25, -0.2) is 0 Å². The third-order valence-corrected chi connectivity index (χ3v) is 3.43. The zero-order chi connectivity index (χ0) is 15.8. The minimum Gasteiger partial charge on any atom is -0.493 e. The molecule has 0 heterocycles. The van der Waals surface area contributed by atoms with Crippen molar-refractivity contribution in [2.24, 2.45) is 5.73 Å². The van der Waals surface area contributed by atoms with Crippen LogP contribution in [0.25, 0.3) is 0 Å². The highest BCUT2D eigenvalue weighted by atomic mass is 16.5. The summed E-state index contributed by atoms with van der Waals surface area (Å²) in [5.74, 6) is 1.52. The van der Waals surface area contributed by atoms with Crippen molar-refractivity contribution in [2.45, 2.75) is 13.2 Å². The first kappa shape index (κ1) is 16.3. The summed E-state index contributed by atoms with van der Waals surface area (Å²) in [5.41, 5.74) is 7.89. The van der Waals surface area contributed by atoms with Crippen LogP contribution in [0, 0.1) is 0 Å². The molecule has 118 valence electrons. The summed E-state index contributed by atoms with van der Waals surface area (Å²) in [4.78, 5) is 2.18. The Labute approximate surface area is 132 Å². The lowest BCUT2D eigenvalue weighted by atomic mass is 10.2. The molecule has 2 aromatic rings. The maximum Gasteiger partial charge on any atom is 0.161 e. The summed E-state index contributed by atoms with van der Waals surface area (Å²) in [6.45, 7) is 2.90. The van der Waals surface area contributed by atoms with Crippen molar-refractivity contribution in [2.75, 3.05) is 27.2 Å². The monoisotopic (exact) mass is 300 g/mol. The molecule has 2 aromatic carbocycles. The number of likely N-dealkylation sites (N-methyl/N-ethyl adjacent to an activating group) is 1. The number of nitrogens with two attached hydrogens (primary N) is 1. The second-order valence-corrected chi connectivity index (χ2v) is 5.29. The predicted octanol–water partition coefficient (Wildman–Crippen LogP) is 2.66. The van der Waals surface area contributed by atoms with Crippen LogP contribution in [0.2, 0.25) is 0 Å². The van der Waals surface area contributed by atoms with Crippen LogP contribution in [0.15, 0.2) is 48.5 Å². The lowest BCUT2D eigenvalue weighted by Gasteiger charge is -2.17. The van der Waals surface area contributed by atoms with Gasteiger partial charge in [0.2, 0.25) is 0 Å². The van der Waals surface area contributed by atoms with Gasteiger partial charge in [0.1, 0.15) is 6.61 Å². The zero-order valence-electron chi connectivity index (χ0n) is 13.3. The van der Waals surface area contributed by atoms with Gasteiger partial charge in [0.25, 0.3) is 0 Å². The van der Waals surface area contributed by atoms with E-state index >= 15 is 0 Å². The average Bonchev–Trinajstić information content (AvgIpc) is 2.54. The fourth-order valence-corrected chi connectivity index (χ4v) is 2.28. The fourth-order valence-electron chi connectivity index (χ4n) is 2.28. The van der Waals surface area contributed by atoms with E-state index in [0.717, 1.165) is 30.2 Å². The van der Waals surface area contributed by atoms with E-state index in [0.29, 0.717) is 13.2 Å². The number of hydrogen-bond donors (Lipinski definition) is 1. The third kappa shape index (κ3) is 4.76. The first-order valence-electron chi connectivity index (χ1n) is 7.45. The summed E-state index contributed by atoms with van der Waals surface area (Å²) in [6, 6.07) is 16.1. The van der Waals surface area contributed by atoms with E-state index in [2.05, 4.69) is 18.0 Å². The normalized spacial score (nSPS) is 10.7. The standard InChI is InChI=1S/C18H24N2O2/c1-20(11-10-19)13-16-8-9-17(18(12-16)21-2)22-14-15-6-4-3-5-7-15/h3-9,12H,10-11,13-14,19H2,1-2H3. The molecule has 0 amide bonds. The summed E-state index contributed by atoms with van der Waals surface area (Å²) < 4.78 is 11.3. The van der Waals surface area contributed by atoms with E-state index in [1.807, 2.05) is 42.5 Å². The molecule has 0 radical (unpaired) electrons. The van der Waals surface area contributed by atoms with Gasteiger partial charge in [0.05, 0.1) is 7.11 Å².